The van der Waals surface area contributed by atoms with Gasteiger partial charge >= 0.3 is 0 Å². The molecule has 0 radical (unpaired) electrons. The third-order valence-corrected chi connectivity index (χ3v) is 1.36. The van der Waals surface area contributed by atoms with Crippen LogP contribution in [-0.4, -0.2) is 16.6 Å². The van der Waals surface area contributed by atoms with Crippen LogP contribution in [0.3, 0.4) is 0 Å². The van der Waals surface area contributed by atoms with Crippen molar-refractivity contribution >= 4 is 5.76 Å². The molecule has 1 heterocycles. The van der Waals surface area contributed by atoms with E-state index >= 15 is 0 Å². The molecule has 13 heavy (non-hydrogen) atoms. The highest BCUT2D eigenvalue weighted by Gasteiger charge is 2.02. The number of nitrogens with zero attached hydrogens (tertiary/aromatic N) is 3. The van der Waals surface area contributed by atoms with Crippen molar-refractivity contribution < 1.29 is 4.74 Å². The number of aromatic nitrogens is 2. The molecule has 4 heteroatoms. The van der Waals surface area contributed by atoms with Crippen LogP contribution in [0.15, 0.2) is 18.8 Å². The van der Waals surface area contributed by atoms with Crippen molar-refractivity contribution in [2.24, 2.45) is 0 Å². The maximum absolute atomic E-state index is 8.53. The van der Waals surface area contributed by atoms with Crippen LogP contribution in [0, 0.1) is 11.3 Å². The monoisotopic (exact) mass is 175 g/mol. The van der Waals surface area contributed by atoms with Crippen LogP contribution < -0.4 is 0 Å². The van der Waals surface area contributed by atoms with Gasteiger partial charge in [-0.15, -0.1) is 0 Å². The van der Waals surface area contributed by atoms with Crippen molar-refractivity contribution in [3.8, 4) is 6.07 Å². The van der Waals surface area contributed by atoms with E-state index < -0.39 is 0 Å². The van der Waals surface area contributed by atoms with Crippen molar-refractivity contribution in [2.45, 2.75) is 6.92 Å². The van der Waals surface area contributed by atoms with Gasteiger partial charge in [-0.05, 0) is 13.0 Å². The minimum atomic E-state index is 0.123. The van der Waals surface area contributed by atoms with E-state index in [4.69, 9.17) is 10.00 Å². The molecule has 1 aromatic rings. The van der Waals surface area contributed by atoms with E-state index in [-0.39, 0.29) is 5.82 Å². The molecule has 0 fully saturated rings. The third-order valence-electron chi connectivity index (χ3n) is 1.36. The lowest BCUT2D eigenvalue weighted by Gasteiger charge is -2.04. The average molecular weight is 175 g/mol. The number of hydrogen-bond donors (Lipinski definition) is 0. The fourth-order valence-corrected chi connectivity index (χ4v) is 0.816. The molecule has 0 aliphatic rings. The predicted octanol–water partition coefficient (Wildman–Crippen LogP) is 1.36. The minimum absolute atomic E-state index is 0.123. The Morgan fingerprint density at radius 3 is 3.15 bits per heavy atom. The first-order valence-corrected chi connectivity index (χ1v) is 3.83. The molecule has 0 aromatic carbocycles. The molecule has 0 aliphatic carbocycles. The lowest BCUT2D eigenvalue weighted by atomic mass is 10.3. The first-order valence-electron chi connectivity index (χ1n) is 3.83. The van der Waals surface area contributed by atoms with E-state index in [2.05, 4.69) is 16.5 Å². The molecular weight excluding hydrogens is 166 g/mol. The topological polar surface area (TPSA) is 58.8 Å². The first-order chi connectivity index (χ1) is 6.27. The summed E-state index contributed by atoms with van der Waals surface area (Å²) in [7, 11) is 0. The van der Waals surface area contributed by atoms with Gasteiger partial charge in [0.15, 0.2) is 0 Å². The fraction of sp³-hybridized carbons (Fsp3) is 0.222. The van der Waals surface area contributed by atoms with Crippen LogP contribution in [-0.2, 0) is 4.74 Å². The Balaban J connectivity index is 2.90. The highest BCUT2D eigenvalue weighted by molar-refractivity contribution is 5.53. The Hall–Kier alpha value is -1.89. The van der Waals surface area contributed by atoms with E-state index in [0.29, 0.717) is 18.1 Å². The van der Waals surface area contributed by atoms with Crippen LogP contribution in [0.2, 0.25) is 0 Å². The summed E-state index contributed by atoms with van der Waals surface area (Å²) in [5, 5.41) is 8.53. The lowest BCUT2D eigenvalue weighted by molar-refractivity contribution is 0.297. The summed E-state index contributed by atoms with van der Waals surface area (Å²) in [6, 6.07) is 3.50. The summed E-state index contributed by atoms with van der Waals surface area (Å²) in [6.07, 6.45) is 1.51. The van der Waals surface area contributed by atoms with Crippen LogP contribution in [0.1, 0.15) is 18.4 Å². The zero-order valence-electron chi connectivity index (χ0n) is 7.32. The first kappa shape index (κ1) is 9.20. The maximum atomic E-state index is 8.53. The lowest BCUT2D eigenvalue weighted by Crippen LogP contribution is -1.96. The normalized spacial score (nSPS) is 8.92. The smallest absolute Gasteiger partial charge is 0.232 e. The summed E-state index contributed by atoms with van der Waals surface area (Å²) < 4.78 is 5.13. The van der Waals surface area contributed by atoms with Gasteiger partial charge in [0, 0.05) is 6.20 Å². The second-order valence-electron chi connectivity index (χ2n) is 2.23. The molecule has 0 saturated carbocycles. The van der Waals surface area contributed by atoms with E-state index in [0.717, 1.165) is 0 Å². The van der Waals surface area contributed by atoms with Gasteiger partial charge in [-0.3, -0.25) is 0 Å². The molecule has 0 bridgehead atoms. The van der Waals surface area contributed by atoms with Gasteiger partial charge in [0.25, 0.3) is 0 Å². The molecular formula is C9H9N3O. The Morgan fingerprint density at radius 1 is 1.77 bits per heavy atom. The van der Waals surface area contributed by atoms with Gasteiger partial charge in [-0.1, -0.05) is 6.58 Å². The largest absolute Gasteiger partial charge is 0.492 e. The average Bonchev–Trinajstić information content (AvgIpc) is 2.18. The minimum Gasteiger partial charge on any atom is -0.492 e. The van der Waals surface area contributed by atoms with Crippen molar-refractivity contribution in [1.29, 1.82) is 5.26 Å². The highest BCUT2D eigenvalue weighted by Crippen LogP contribution is 2.09. The molecule has 0 spiro atoms. The van der Waals surface area contributed by atoms with Gasteiger partial charge in [0.05, 0.1) is 6.61 Å². The van der Waals surface area contributed by atoms with Crippen LogP contribution in [0.4, 0.5) is 0 Å². The Kier molecular flexibility index (Phi) is 2.98. The molecule has 0 N–H and O–H groups in total. The predicted molar refractivity (Wildman–Crippen MR) is 47.4 cm³/mol. The molecule has 0 amide bonds. The molecule has 0 unspecified atom stereocenters. The van der Waals surface area contributed by atoms with Crippen LogP contribution >= 0.6 is 0 Å². The summed E-state index contributed by atoms with van der Waals surface area (Å²) >= 11 is 0. The fourth-order valence-electron chi connectivity index (χ4n) is 0.816. The Bertz CT molecular complexity index is 354. The van der Waals surface area contributed by atoms with Gasteiger partial charge in [-0.25, -0.2) is 9.97 Å². The van der Waals surface area contributed by atoms with Gasteiger partial charge < -0.3 is 4.74 Å². The van der Waals surface area contributed by atoms with Crippen LogP contribution in [0.5, 0.6) is 0 Å². The number of ether oxygens (including phenoxy) is 1. The number of hydrogen-bond acceptors (Lipinski definition) is 4. The number of nitriles is 1. The quantitative estimate of drug-likeness (QED) is 0.651. The Morgan fingerprint density at radius 2 is 2.54 bits per heavy atom. The van der Waals surface area contributed by atoms with Crippen molar-refractivity contribution in [1.82, 2.24) is 9.97 Å². The van der Waals surface area contributed by atoms with E-state index in [1.807, 2.05) is 13.0 Å². The molecule has 0 saturated heterocycles. The second kappa shape index (κ2) is 4.21. The van der Waals surface area contributed by atoms with Gasteiger partial charge in [0.1, 0.15) is 17.5 Å². The molecule has 1 rings (SSSR count). The molecule has 66 valence electrons. The standard InChI is InChI=1S/C9H9N3O/c1-3-13-7(2)8-4-5-11-9(6-10)12-8/h4-5H,2-3H2,1H3. The SMILES string of the molecule is C=C(OCC)c1ccnc(C#N)n1. The summed E-state index contributed by atoms with van der Waals surface area (Å²) in [6.45, 7) is 6.06. The molecule has 0 aliphatic heterocycles. The van der Waals surface area contributed by atoms with E-state index in [9.17, 15) is 0 Å². The van der Waals surface area contributed by atoms with Crippen molar-refractivity contribution in [2.75, 3.05) is 6.61 Å². The second-order valence-corrected chi connectivity index (χ2v) is 2.23. The Labute approximate surface area is 76.5 Å². The number of rotatable bonds is 3. The maximum Gasteiger partial charge on any atom is 0.232 e. The van der Waals surface area contributed by atoms with E-state index in [1.165, 1.54) is 6.20 Å². The summed E-state index contributed by atoms with van der Waals surface area (Å²) in [5.41, 5.74) is 0.549. The molecule has 1 aromatic heterocycles. The van der Waals surface area contributed by atoms with Gasteiger partial charge in [-0.2, -0.15) is 5.26 Å². The molecule has 4 nitrogen and oxygen atoms in total. The van der Waals surface area contributed by atoms with Crippen molar-refractivity contribution in [3.63, 3.8) is 0 Å². The summed E-state index contributed by atoms with van der Waals surface area (Å²) in [5.74, 6) is 0.583. The van der Waals surface area contributed by atoms with Gasteiger partial charge in [0.2, 0.25) is 5.82 Å². The third kappa shape index (κ3) is 2.27. The highest BCUT2D eigenvalue weighted by atomic mass is 16.5. The zero-order valence-corrected chi connectivity index (χ0v) is 7.32. The summed E-state index contributed by atoms with van der Waals surface area (Å²) in [4.78, 5) is 7.64. The van der Waals surface area contributed by atoms with Crippen molar-refractivity contribution in [3.05, 3.63) is 30.4 Å². The molecule has 0 atom stereocenters. The van der Waals surface area contributed by atoms with E-state index in [1.54, 1.807) is 6.07 Å². The van der Waals surface area contributed by atoms with Crippen LogP contribution in [0.25, 0.3) is 5.76 Å². The zero-order chi connectivity index (χ0) is 9.68.